The highest BCUT2D eigenvalue weighted by Gasteiger charge is 2.33. The van der Waals surface area contributed by atoms with Crippen LogP contribution in [0.4, 0.5) is 0 Å². The molecule has 0 atom stereocenters. The molecular weight excluding hydrogens is 304 g/mol. The summed E-state index contributed by atoms with van der Waals surface area (Å²) in [6.45, 7) is 14.0. The van der Waals surface area contributed by atoms with Crippen molar-refractivity contribution in [2.24, 2.45) is 11.3 Å². The molecule has 0 aromatic heterocycles. The molecule has 2 nitrogen and oxygen atoms in total. The van der Waals surface area contributed by atoms with Crippen LogP contribution in [0.5, 0.6) is 0 Å². The van der Waals surface area contributed by atoms with E-state index in [1.165, 1.54) is 57.2 Å². The van der Waals surface area contributed by atoms with Gasteiger partial charge in [-0.3, -0.25) is 4.90 Å². The van der Waals surface area contributed by atoms with Crippen LogP contribution < -0.4 is 5.32 Å². The Morgan fingerprint density at radius 3 is 2.16 bits per heavy atom. The lowest BCUT2D eigenvalue weighted by Gasteiger charge is -2.40. The summed E-state index contributed by atoms with van der Waals surface area (Å²) in [6, 6.07) is 11.6. The van der Waals surface area contributed by atoms with Crippen molar-refractivity contribution < 1.29 is 0 Å². The molecule has 0 heterocycles. The lowest BCUT2D eigenvalue weighted by molar-refractivity contribution is 0.0967. The zero-order valence-electron chi connectivity index (χ0n) is 17.1. The molecule has 0 unspecified atom stereocenters. The summed E-state index contributed by atoms with van der Waals surface area (Å²) >= 11 is 0. The molecule has 2 heteroatoms. The topological polar surface area (TPSA) is 15.3 Å². The summed E-state index contributed by atoms with van der Waals surface area (Å²) in [5.74, 6) is 0.730. The number of nitrogens with one attached hydrogen (secondary N) is 1. The van der Waals surface area contributed by atoms with Crippen molar-refractivity contribution in [3.05, 3.63) is 35.9 Å². The van der Waals surface area contributed by atoms with Gasteiger partial charge in [0.1, 0.15) is 0 Å². The Kier molecular flexibility index (Phi) is 8.45. The van der Waals surface area contributed by atoms with Crippen LogP contribution >= 0.6 is 0 Å². The van der Waals surface area contributed by atoms with Crippen LogP contribution in [0.2, 0.25) is 0 Å². The van der Waals surface area contributed by atoms with Gasteiger partial charge in [0, 0.05) is 25.7 Å². The van der Waals surface area contributed by atoms with E-state index in [0.717, 1.165) is 19.0 Å². The maximum atomic E-state index is 3.80. The van der Waals surface area contributed by atoms with Crippen LogP contribution in [-0.4, -0.2) is 30.6 Å². The molecule has 142 valence electrons. The lowest BCUT2D eigenvalue weighted by Crippen LogP contribution is -2.46. The number of hydrogen-bond donors (Lipinski definition) is 1. The van der Waals surface area contributed by atoms with E-state index in [2.05, 4.69) is 68.2 Å². The van der Waals surface area contributed by atoms with Gasteiger partial charge in [-0.15, -0.1) is 0 Å². The van der Waals surface area contributed by atoms with E-state index in [0.29, 0.717) is 11.5 Å². The zero-order valence-corrected chi connectivity index (χ0v) is 17.1. The Morgan fingerprint density at radius 1 is 0.960 bits per heavy atom. The van der Waals surface area contributed by atoms with E-state index < -0.39 is 0 Å². The first-order valence-electron chi connectivity index (χ1n) is 10.5. The van der Waals surface area contributed by atoms with E-state index in [1.807, 2.05) is 0 Å². The van der Waals surface area contributed by atoms with Gasteiger partial charge in [-0.1, -0.05) is 69.9 Å². The van der Waals surface area contributed by atoms with Crippen molar-refractivity contribution in [2.75, 3.05) is 19.6 Å². The molecule has 25 heavy (non-hydrogen) atoms. The van der Waals surface area contributed by atoms with Crippen molar-refractivity contribution in [1.82, 2.24) is 10.2 Å². The minimum Gasteiger partial charge on any atom is -0.316 e. The van der Waals surface area contributed by atoms with Gasteiger partial charge in [-0.2, -0.15) is 0 Å². The zero-order chi connectivity index (χ0) is 18.1. The quantitative estimate of drug-likeness (QED) is 0.596. The van der Waals surface area contributed by atoms with Crippen molar-refractivity contribution in [1.29, 1.82) is 0 Å². The number of nitrogens with zero attached hydrogens (tertiary/aromatic N) is 1. The second-order valence-corrected chi connectivity index (χ2v) is 8.92. The lowest BCUT2D eigenvalue weighted by atomic mass is 9.79. The molecule has 1 fully saturated rings. The fraction of sp³-hybridized carbons (Fsp3) is 0.739. The molecular formula is C23H40N2. The fourth-order valence-electron chi connectivity index (χ4n) is 4.17. The average Bonchev–Trinajstić information content (AvgIpc) is 2.81. The maximum absolute atomic E-state index is 3.80. The van der Waals surface area contributed by atoms with E-state index in [-0.39, 0.29) is 0 Å². The van der Waals surface area contributed by atoms with E-state index in [9.17, 15) is 0 Å². The summed E-state index contributed by atoms with van der Waals surface area (Å²) in [5, 5.41) is 3.80. The molecule has 2 rings (SSSR count). The monoisotopic (exact) mass is 344 g/mol. The molecule has 0 radical (unpaired) electrons. The third kappa shape index (κ3) is 7.11. The molecule has 1 aromatic rings. The molecule has 0 bridgehead atoms. The van der Waals surface area contributed by atoms with E-state index in [1.54, 1.807) is 0 Å². The standard InChI is InChI=1S/C23H40N2/c1-20(2)16-24-18-23(14-10-5-6-11-15-23)19-25(21(3)4)17-22-12-8-7-9-13-22/h7-9,12-13,20-21,24H,5-6,10-11,14-19H2,1-4H3. The summed E-state index contributed by atoms with van der Waals surface area (Å²) in [7, 11) is 0. The molecule has 0 aliphatic heterocycles. The number of benzene rings is 1. The second kappa shape index (κ2) is 10.3. The Balaban J connectivity index is 2.07. The molecule has 1 saturated carbocycles. The Morgan fingerprint density at radius 2 is 1.60 bits per heavy atom. The largest absolute Gasteiger partial charge is 0.316 e. The molecule has 0 amide bonds. The van der Waals surface area contributed by atoms with Crippen LogP contribution in [0.1, 0.15) is 71.8 Å². The highest BCUT2D eigenvalue weighted by Crippen LogP contribution is 2.36. The van der Waals surface area contributed by atoms with Crippen molar-refractivity contribution in [3.63, 3.8) is 0 Å². The first-order valence-corrected chi connectivity index (χ1v) is 10.5. The Bertz CT molecular complexity index is 458. The minimum atomic E-state index is 0.449. The summed E-state index contributed by atoms with van der Waals surface area (Å²) in [6.07, 6.45) is 8.42. The van der Waals surface area contributed by atoms with Gasteiger partial charge in [0.2, 0.25) is 0 Å². The normalized spacial score (nSPS) is 18.0. The van der Waals surface area contributed by atoms with Gasteiger partial charge >= 0.3 is 0 Å². The summed E-state index contributed by atoms with van der Waals surface area (Å²) in [4.78, 5) is 2.71. The Hall–Kier alpha value is -0.860. The van der Waals surface area contributed by atoms with E-state index in [4.69, 9.17) is 0 Å². The van der Waals surface area contributed by atoms with Crippen molar-refractivity contribution in [3.8, 4) is 0 Å². The van der Waals surface area contributed by atoms with Crippen molar-refractivity contribution in [2.45, 2.75) is 78.8 Å². The highest BCUT2D eigenvalue weighted by atomic mass is 15.2. The third-order valence-corrected chi connectivity index (χ3v) is 5.71. The number of hydrogen-bond acceptors (Lipinski definition) is 2. The molecule has 0 spiro atoms. The SMILES string of the molecule is CC(C)CNCC1(CN(Cc2ccccc2)C(C)C)CCCCCC1. The second-order valence-electron chi connectivity index (χ2n) is 8.92. The van der Waals surface area contributed by atoms with Crippen LogP contribution in [0.25, 0.3) is 0 Å². The van der Waals surface area contributed by atoms with Gasteiger partial charge in [-0.05, 0) is 50.1 Å². The van der Waals surface area contributed by atoms with Crippen molar-refractivity contribution >= 4 is 0 Å². The first kappa shape index (κ1) is 20.5. The summed E-state index contributed by atoms with van der Waals surface area (Å²) in [5.41, 5.74) is 1.89. The third-order valence-electron chi connectivity index (χ3n) is 5.71. The predicted molar refractivity (Wildman–Crippen MR) is 110 cm³/mol. The smallest absolute Gasteiger partial charge is 0.0236 e. The van der Waals surface area contributed by atoms with Crippen LogP contribution in [0, 0.1) is 11.3 Å². The van der Waals surface area contributed by atoms with E-state index >= 15 is 0 Å². The predicted octanol–water partition coefficient (Wildman–Crippen LogP) is 5.48. The van der Waals surface area contributed by atoms with Gasteiger partial charge < -0.3 is 5.32 Å². The maximum Gasteiger partial charge on any atom is 0.0236 e. The first-order chi connectivity index (χ1) is 12.0. The van der Waals surface area contributed by atoms with Crippen LogP contribution in [-0.2, 0) is 6.54 Å². The van der Waals surface area contributed by atoms with Gasteiger partial charge in [0.25, 0.3) is 0 Å². The highest BCUT2D eigenvalue weighted by molar-refractivity contribution is 5.14. The summed E-state index contributed by atoms with van der Waals surface area (Å²) < 4.78 is 0. The minimum absolute atomic E-state index is 0.449. The number of rotatable bonds is 9. The van der Waals surface area contributed by atoms with Gasteiger partial charge in [0.05, 0.1) is 0 Å². The Labute approximate surface area is 156 Å². The molecule has 0 saturated heterocycles. The van der Waals surface area contributed by atoms with Gasteiger partial charge in [-0.25, -0.2) is 0 Å². The molecule has 1 aliphatic rings. The van der Waals surface area contributed by atoms with Crippen LogP contribution in [0.15, 0.2) is 30.3 Å². The van der Waals surface area contributed by atoms with Crippen LogP contribution in [0.3, 0.4) is 0 Å². The molecule has 1 aliphatic carbocycles. The van der Waals surface area contributed by atoms with Gasteiger partial charge in [0.15, 0.2) is 0 Å². The molecule has 1 N–H and O–H groups in total. The average molecular weight is 345 g/mol. The molecule has 1 aromatic carbocycles. The fourth-order valence-corrected chi connectivity index (χ4v) is 4.17.